The van der Waals surface area contributed by atoms with Crippen molar-refractivity contribution in [2.24, 2.45) is 7.05 Å². The van der Waals surface area contributed by atoms with Gasteiger partial charge in [-0.1, -0.05) is 0 Å². The third-order valence-corrected chi connectivity index (χ3v) is 11.0. The SMILES string of the molecule is C[C@H]1CN([C@@H]2CCN3c4cc5c(cc4OC[C@H]3C2)C(=O)N(C2CCC(=O)NC2=O)C5=O)CCN1c1ccc(Nc2cc(Br)cn(C)c2=O)nc1. The van der Waals surface area contributed by atoms with Gasteiger partial charge in [-0.2, -0.15) is 0 Å². The fourth-order valence-corrected chi connectivity index (χ4v) is 8.61. The number of anilines is 4. The topological polar surface area (TPSA) is 149 Å². The molecule has 5 aliphatic heterocycles. The maximum Gasteiger partial charge on any atom is 0.274 e. The van der Waals surface area contributed by atoms with Crippen molar-refractivity contribution in [3.05, 3.63) is 68.7 Å². The van der Waals surface area contributed by atoms with E-state index in [-0.39, 0.29) is 41.6 Å². The number of halogens is 1. The summed E-state index contributed by atoms with van der Waals surface area (Å²) in [7, 11) is 1.71. The fourth-order valence-electron chi connectivity index (χ4n) is 8.08. The predicted molar refractivity (Wildman–Crippen MR) is 188 cm³/mol. The van der Waals surface area contributed by atoms with E-state index in [1.807, 2.05) is 18.3 Å². The van der Waals surface area contributed by atoms with Crippen LogP contribution in [0, 0.1) is 0 Å². The number of piperidine rings is 2. The second-order valence-corrected chi connectivity index (χ2v) is 14.6. The van der Waals surface area contributed by atoms with Crippen LogP contribution >= 0.6 is 15.9 Å². The fraction of sp³-hybridized carbons (Fsp3) is 0.429. The predicted octanol–water partition coefficient (Wildman–Crippen LogP) is 2.63. The van der Waals surface area contributed by atoms with E-state index in [1.54, 1.807) is 31.4 Å². The van der Waals surface area contributed by atoms with Crippen LogP contribution in [0.25, 0.3) is 0 Å². The highest BCUT2D eigenvalue weighted by molar-refractivity contribution is 9.10. The van der Waals surface area contributed by atoms with Gasteiger partial charge < -0.3 is 24.4 Å². The van der Waals surface area contributed by atoms with E-state index >= 15 is 0 Å². The van der Waals surface area contributed by atoms with Crippen LogP contribution < -0.4 is 30.7 Å². The summed E-state index contributed by atoms with van der Waals surface area (Å²) in [6, 6.07) is 8.83. The molecule has 2 aromatic heterocycles. The largest absolute Gasteiger partial charge is 0.489 e. The number of pyridine rings is 2. The highest BCUT2D eigenvalue weighted by atomic mass is 79.9. The lowest BCUT2D eigenvalue weighted by Gasteiger charge is -2.50. The number of carbonyl (C=O) groups is 4. The van der Waals surface area contributed by atoms with Crippen molar-refractivity contribution in [3.8, 4) is 5.75 Å². The van der Waals surface area contributed by atoms with Crippen LogP contribution in [0.2, 0.25) is 0 Å². The van der Waals surface area contributed by atoms with Gasteiger partial charge in [0.1, 0.15) is 29.9 Å². The number of amides is 4. The van der Waals surface area contributed by atoms with Crippen LogP contribution in [0.15, 0.2) is 52.0 Å². The number of imide groups is 2. The zero-order valence-corrected chi connectivity index (χ0v) is 29.3. The molecule has 4 atom stereocenters. The van der Waals surface area contributed by atoms with Crippen LogP contribution in [-0.2, 0) is 16.6 Å². The number of hydrogen-bond acceptors (Lipinski definition) is 11. The molecule has 4 amide bonds. The van der Waals surface area contributed by atoms with Gasteiger partial charge in [0, 0.05) is 62.4 Å². The summed E-state index contributed by atoms with van der Waals surface area (Å²) >= 11 is 3.44. The number of benzene rings is 1. The van der Waals surface area contributed by atoms with Gasteiger partial charge >= 0.3 is 0 Å². The van der Waals surface area contributed by atoms with E-state index in [4.69, 9.17) is 4.74 Å². The number of piperazine rings is 1. The zero-order chi connectivity index (χ0) is 34.8. The van der Waals surface area contributed by atoms with Crippen LogP contribution in [0.3, 0.4) is 0 Å². The van der Waals surface area contributed by atoms with Crippen molar-refractivity contribution in [3.63, 3.8) is 0 Å². The van der Waals surface area contributed by atoms with Crippen molar-refractivity contribution < 1.29 is 23.9 Å². The lowest BCUT2D eigenvalue weighted by molar-refractivity contribution is -0.136. The first-order valence-corrected chi connectivity index (χ1v) is 17.7. The summed E-state index contributed by atoms with van der Waals surface area (Å²) in [4.78, 5) is 76.3. The summed E-state index contributed by atoms with van der Waals surface area (Å²) < 4.78 is 8.52. The van der Waals surface area contributed by atoms with Crippen molar-refractivity contribution in [2.45, 2.75) is 56.8 Å². The van der Waals surface area contributed by atoms with Gasteiger partial charge in [-0.15, -0.1) is 0 Å². The molecule has 0 aliphatic carbocycles. The molecule has 8 rings (SSSR count). The standard InChI is InChI=1S/C35H37BrN8O6/c1-19-16-41(9-10-42(19)22-3-5-30(37-15-22)38-26-11-20(36)17-40(2)35(26)49)21-7-8-43-23(12-21)18-50-29-14-25-24(13-28(29)43)33(47)44(34(25)48)27-4-6-31(45)39-32(27)46/h3,5,11,13-15,17,19,21,23,27H,4,6-10,12,16,18H2,1-2H3,(H,37,38)(H,39,45,46)/t19-,21+,23+,27?/m0/s1. The summed E-state index contributed by atoms with van der Waals surface area (Å²) in [5.41, 5.74) is 2.65. The molecule has 50 heavy (non-hydrogen) atoms. The molecule has 0 saturated carbocycles. The number of aryl methyl sites for hydroxylation is 1. The molecule has 1 unspecified atom stereocenters. The Morgan fingerprint density at radius 2 is 1.76 bits per heavy atom. The van der Waals surface area contributed by atoms with E-state index in [9.17, 15) is 24.0 Å². The molecule has 3 aromatic rings. The minimum Gasteiger partial charge on any atom is -0.489 e. The molecule has 0 bridgehead atoms. The van der Waals surface area contributed by atoms with E-state index in [0.717, 1.165) is 59.8 Å². The summed E-state index contributed by atoms with van der Waals surface area (Å²) in [5, 5.41) is 5.38. The second kappa shape index (κ2) is 12.5. The monoisotopic (exact) mass is 744 g/mol. The summed E-state index contributed by atoms with van der Waals surface area (Å²) in [6.45, 7) is 6.18. The average Bonchev–Trinajstić information content (AvgIpc) is 3.34. The Labute approximate surface area is 296 Å². The van der Waals surface area contributed by atoms with Crippen LogP contribution in [0.4, 0.5) is 22.9 Å². The molecule has 1 aromatic carbocycles. The van der Waals surface area contributed by atoms with Crippen molar-refractivity contribution >= 4 is 62.4 Å². The molecule has 14 nitrogen and oxygen atoms in total. The lowest BCUT2D eigenvalue weighted by atomic mass is 9.92. The molecule has 7 heterocycles. The molecular formula is C35H37BrN8O6. The van der Waals surface area contributed by atoms with Crippen molar-refractivity contribution in [1.82, 2.24) is 24.7 Å². The quantitative estimate of drug-likeness (QED) is 0.372. The summed E-state index contributed by atoms with van der Waals surface area (Å²) in [5.74, 6) is -0.894. The zero-order valence-electron chi connectivity index (χ0n) is 27.7. The third kappa shape index (κ3) is 5.61. The van der Waals surface area contributed by atoms with E-state index in [1.165, 1.54) is 4.57 Å². The first-order chi connectivity index (χ1) is 24.0. The van der Waals surface area contributed by atoms with Crippen LogP contribution in [0.5, 0.6) is 5.75 Å². The first-order valence-electron chi connectivity index (χ1n) is 16.9. The van der Waals surface area contributed by atoms with Crippen LogP contribution in [-0.4, -0.2) is 99.9 Å². The lowest BCUT2D eigenvalue weighted by Crippen LogP contribution is -2.59. The van der Waals surface area contributed by atoms with E-state index < -0.39 is 29.7 Å². The second-order valence-electron chi connectivity index (χ2n) is 13.7. The Balaban J connectivity index is 0.906. The molecular weight excluding hydrogens is 708 g/mol. The van der Waals surface area contributed by atoms with Gasteiger partial charge in [0.05, 0.1) is 34.7 Å². The number of hydrogen-bond donors (Lipinski definition) is 2. The van der Waals surface area contributed by atoms with Crippen molar-refractivity contribution in [2.75, 3.05) is 47.9 Å². The Kier molecular flexibility index (Phi) is 8.13. The highest BCUT2D eigenvalue weighted by Gasteiger charge is 2.46. The molecule has 5 aliphatic rings. The molecule has 0 radical (unpaired) electrons. The van der Waals surface area contributed by atoms with Gasteiger partial charge in [-0.25, -0.2) is 4.98 Å². The van der Waals surface area contributed by atoms with Gasteiger partial charge in [0.15, 0.2) is 0 Å². The molecule has 260 valence electrons. The molecule has 2 N–H and O–H groups in total. The first kappa shape index (κ1) is 32.4. The highest BCUT2D eigenvalue weighted by Crippen LogP contribution is 2.42. The Morgan fingerprint density at radius 3 is 2.50 bits per heavy atom. The van der Waals surface area contributed by atoms with E-state index in [2.05, 4.69) is 53.2 Å². The number of aromatic nitrogens is 2. The minimum atomic E-state index is -1.00. The average molecular weight is 746 g/mol. The van der Waals surface area contributed by atoms with Gasteiger partial charge in [0.25, 0.3) is 17.4 Å². The Morgan fingerprint density at radius 1 is 0.960 bits per heavy atom. The number of carbonyl (C=O) groups excluding carboxylic acids is 4. The van der Waals surface area contributed by atoms with E-state index in [0.29, 0.717) is 29.9 Å². The van der Waals surface area contributed by atoms with Gasteiger partial charge in [-0.05, 0) is 72.4 Å². The number of fused-ring (bicyclic) bond motifs is 4. The van der Waals surface area contributed by atoms with Crippen molar-refractivity contribution in [1.29, 1.82) is 0 Å². The minimum absolute atomic E-state index is 0.0772. The maximum atomic E-state index is 13.5. The number of rotatable bonds is 5. The van der Waals surface area contributed by atoms with Gasteiger partial charge in [0.2, 0.25) is 11.8 Å². The summed E-state index contributed by atoms with van der Waals surface area (Å²) in [6.07, 6.45) is 5.63. The third-order valence-electron chi connectivity index (χ3n) is 10.6. The maximum absolute atomic E-state index is 13.5. The Hall–Kier alpha value is -4.76. The molecule has 0 spiro atoms. The number of nitrogens with one attached hydrogen (secondary N) is 2. The normalized spacial score (nSPS) is 25.1. The smallest absolute Gasteiger partial charge is 0.274 e. The molecule has 15 heteroatoms. The number of ether oxygens (including phenoxy) is 1. The van der Waals surface area contributed by atoms with Crippen LogP contribution in [0.1, 0.15) is 53.3 Å². The number of nitrogens with zero attached hydrogens (tertiary/aromatic N) is 6. The van der Waals surface area contributed by atoms with Gasteiger partial charge in [-0.3, -0.25) is 39.1 Å². The molecule has 3 fully saturated rings. The molecule has 3 saturated heterocycles. The Bertz CT molecular complexity index is 1980.